The van der Waals surface area contributed by atoms with Gasteiger partial charge in [-0.15, -0.1) is 5.10 Å². The minimum absolute atomic E-state index is 0.0111. The molecule has 1 aromatic heterocycles. The first-order chi connectivity index (χ1) is 16.5. The third-order valence-corrected chi connectivity index (χ3v) is 5.83. The molecule has 2 heterocycles. The number of hydrogen-bond donors (Lipinski definition) is 2. The molecule has 0 bridgehead atoms. The van der Waals surface area contributed by atoms with Crippen LogP contribution in [-0.2, 0) is 11.3 Å². The Morgan fingerprint density at radius 3 is 2.35 bits per heavy atom. The van der Waals surface area contributed by atoms with Gasteiger partial charge in [0.05, 0.1) is 38.1 Å². The number of phenols is 2. The Balaban J connectivity index is 1.63. The molecule has 0 saturated carbocycles. The maximum Gasteiger partial charge on any atom is 0.267 e. The van der Waals surface area contributed by atoms with Gasteiger partial charge in [0.1, 0.15) is 5.76 Å². The zero-order valence-electron chi connectivity index (χ0n) is 18.3. The van der Waals surface area contributed by atoms with Crippen LogP contribution in [0.1, 0.15) is 16.9 Å². The lowest BCUT2D eigenvalue weighted by molar-refractivity contribution is -0.122. The summed E-state index contributed by atoms with van der Waals surface area (Å²) in [4.78, 5) is 15.1. The van der Waals surface area contributed by atoms with Crippen molar-refractivity contribution in [3.05, 3.63) is 76.6 Å². The fourth-order valence-electron chi connectivity index (χ4n) is 3.14. The fraction of sp³-hybridized carbons (Fsp3) is 0.125. The molecule has 1 saturated heterocycles. The van der Waals surface area contributed by atoms with Gasteiger partial charge < -0.3 is 24.1 Å². The van der Waals surface area contributed by atoms with Crippen LogP contribution in [0.5, 0.6) is 23.0 Å². The normalized spacial score (nSPS) is 16.2. The molecule has 174 valence electrons. The van der Waals surface area contributed by atoms with Crippen molar-refractivity contribution in [3.8, 4) is 23.0 Å². The Hall–Kier alpha value is -4.18. The molecule has 1 aliphatic rings. The van der Waals surface area contributed by atoms with Crippen LogP contribution >= 0.6 is 11.8 Å². The van der Waals surface area contributed by atoms with Crippen LogP contribution < -0.4 is 9.47 Å². The Labute approximate surface area is 199 Å². The second-order valence-corrected chi connectivity index (χ2v) is 8.08. The topological polar surface area (TPSA) is 117 Å². The zero-order chi connectivity index (χ0) is 24.1. The minimum Gasteiger partial charge on any atom is -0.504 e. The highest BCUT2D eigenvalue weighted by Crippen LogP contribution is 2.35. The molecule has 2 aromatic carbocycles. The second kappa shape index (κ2) is 10.2. The lowest BCUT2D eigenvalue weighted by atomic mass is 10.2. The van der Waals surface area contributed by atoms with E-state index in [-0.39, 0.29) is 24.0 Å². The van der Waals surface area contributed by atoms with E-state index in [1.54, 1.807) is 42.5 Å². The van der Waals surface area contributed by atoms with Crippen LogP contribution in [0.4, 0.5) is 0 Å². The Morgan fingerprint density at radius 1 is 1.03 bits per heavy atom. The van der Waals surface area contributed by atoms with E-state index in [9.17, 15) is 15.0 Å². The largest absolute Gasteiger partial charge is 0.504 e. The second-order valence-electron chi connectivity index (χ2n) is 7.07. The van der Waals surface area contributed by atoms with E-state index in [0.29, 0.717) is 38.5 Å². The highest BCUT2D eigenvalue weighted by atomic mass is 32.2. The van der Waals surface area contributed by atoms with Gasteiger partial charge in [0.25, 0.3) is 5.91 Å². The molecule has 0 unspecified atom stereocenters. The van der Waals surface area contributed by atoms with Crippen molar-refractivity contribution in [1.82, 2.24) is 4.90 Å². The van der Waals surface area contributed by atoms with E-state index in [4.69, 9.17) is 13.9 Å². The maximum atomic E-state index is 13.2. The SMILES string of the molecule is COc1cc(/C=N\N=C2\S/C(=C\c3ccc(O)c(OC)c3)C(=O)N2Cc2ccco2)ccc1O. The van der Waals surface area contributed by atoms with Crippen molar-refractivity contribution in [3.63, 3.8) is 0 Å². The van der Waals surface area contributed by atoms with Gasteiger partial charge in [-0.3, -0.25) is 9.69 Å². The van der Waals surface area contributed by atoms with Crippen molar-refractivity contribution >= 4 is 35.1 Å². The lowest BCUT2D eigenvalue weighted by Gasteiger charge is -2.12. The molecule has 0 aliphatic carbocycles. The number of methoxy groups -OCH3 is 2. The quantitative estimate of drug-likeness (QED) is 0.296. The summed E-state index contributed by atoms with van der Waals surface area (Å²) < 4.78 is 15.7. The fourth-order valence-corrected chi connectivity index (χ4v) is 4.07. The summed E-state index contributed by atoms with van der Waals surface area (Å²) >= 11 is 1.17. The van der Waals surface area contributed by atoms with Crippen molar-refractivity contribution in [2.75, 3.05) is 14.2 Å². The molecular formula is C24H21N3O6S. The van der Waals surface area contributed by atoms with Crippen LogP contribution in [0.3, 0.4) is 0 Å². The molecule has 4 rings (SSSR count). The third kappa shape index (κ3) is 5.07. The highest BCUT2D eigenvalue weighted by Gasteiger charge is 2.34. The number of carbonyl (C=O) groups excluding carboxylic acids is 1. The van der Waals surface area contributed by atoms with Gasteiger partial charge in [0, 0.05) is 0 Å². The molecular weight excluding hydrogens is 458 g/mol. The Kier molecular flexibility index (Phi) is 6.88. The number of nitrogens with zero attached hydrogens (tertiary/aromatic N) is 3. The van der Waals surface area contributed by atoms with Crippen LogP contribution in [0.15, 0.2) is 74.3 Å². The maximum absolute atomic E-state index is 13.2. The number of amides is 1. The molecule has 0 spiro atoms. The average Bonchev–Trinajstić information content (AvgIpc) is 3.45. The van der Waals surface area contributed by atoms with Crippen molar-refractivity contribution in [2.24, 2.45) is 10.2 Å². The van der Waals surface area contributed by atoms with E-state index in [0.717, 1.165) is 0 Å². The summed E-state index contributed by atoms with van der Waals surface area (Å²) in [6.45, 7) is 0.191. The van der Waals surface area contributed by atoms with E-state index in [1.807, 2.05) is 0 Å². The number of aromatic hydroxyl groups is 2. The molecule has 0 radical (unpaired) electrons. The number of carbonyl (C=O) groups is 1. The smallest absolute Gasteiger partial charge is 0.267 e. The summed E-state index contributed by atoms with van der Waals surface area (Å²) in [5.74, 6) is 0.997. The van der Waals surface area contributed by atoms with E-state index in [1.165, 1.54) is 55.5 Å². The summed E-state index contributed by atoms with van der Waals surface area (Å²) in [5, 5.41) is 28.3. The molecule has 1 fully saturated rings. The number of furan rings is 1. The number of phenolic OH excluding ortho intramolecular Hbond substituents is 2. The van der Waals surface area contributed by atoms with E-state index >= 15 is 0 Å². The number of benzene rings is 2. The monoisotopic (exact) mass is 479 g/mol. The summed E-state index contributed by atoms with van der Waals surface area (Å²) in [6.07, 6.45) is 4.73. The molecule has 10 heteroatoms. The van der Waals surface area contributed by atoms with E-state index in [2.05, 4.69) is 10.2 Å². The van der Waals surface area contributed by atoms with Crippen LogP contribution in [0.25, 0.3) is 6.08 Å². The lowest BCUT2D eigenvalue weighted by Crippen LogP contribution is -2.28. The average molecular weight is 480 g/mol. The summed E-state index contributed by atoms with van der Waals surface area (Å²) in [6, 6.07) is 13.1. The third-order valence-electron chi connectivity index (χ3n) is 4.84. The number of hydrogen-bond acceptors (Lipinski definition) is 9. The number of thioether (sulfide) groups is 1. The molecule has 0 atom stereocenters. The number of rotatable bonds is 7. The molecule has 3 aromatic rings. The van der Waals surface area contributed by atoms with Gasteiger partial charge in [-0.1, -0.05) is 6.07 Å². The Morgan fingerprint density at radius 2 is 1.71 bits per heavy atom. The summed E-state index contributed by atoms with van der Waals surface area (Å²) in [7, 11) is 2.92. The number of ether oxygens (including phenoxy) is 2. The standard InChI is InChI=1S/C24H21N3O6S/c1-31-20-10-15(5-7-18(20)28)12-22-23(30)27(14-17-4-3-9-33-17)24(34-22)26-25-13-16-6-8-19(29)21(11-16)32-2/h3-13,28-29H,14H2,1-2H3/b22-12-,25-13-,26-24+. The predicted octanol–water partition coefficient (Wildman–Crippen LogP) is 4.21. The van der Waals surface area contributed by atoms with Gasteiger partial charge in [-0.2, -0.15) is 5.10 Å². The molecule has 2 N–H and O–H groups in total. The molecule has 1 amide bonds. The Bertz CT molecular complexity index is 1280. The molecule has 9 nitrogen and oxygen atoms in total. The van der Waals surface area contributed by atoms with Crippen molar-refractivity contribution < 1.29 is 28.9 Å². The van der Waals surface area contributed by atoms with Gasteiger partial charge >= 0.3 is 0 Å². The van der Waals surface area contributed by atoms with Gasteiger partial charge in [0.15, 0.2) is 28.2 Å². The number of amidine groups is 1. The van der Waals surface area contributed by atoms with E-state index < -0.39 is 0 Å². The first-order valence-corrected chi connectivity index (χ1v) is 10.9. The van der Waals surface area contributed by atoms with Crippen LogP contribution in [0.2, 0.25) is 0 Å². The predicted molar refractivity (Wildman–Crippen MR) is 129 cm³/mol. The van der Waals surface area contributed by atoms with Crippen LogP contribution in [-0.4, -0.2) is 46.6 Å². The van der Waals surface area contributed by atoms with Crippen molar-refractivity contribution in [2.45, 2.75) is 6.54 Å². The first kappa shape index (κ1) is 23.0. The highest BCUT2D eigenvalue weighted by molar-refractivity contribution is 8.18. The van der Waals surface area contributed by atoms with Gasteiger partial charge in [-0.25, -0.2) is 0 Å². The van der Waals surface area contributed by atoms with Gasteiger partial charge in [0.2, 0.25) is 0 Å². The molecule has 1 aliphatic heterocycles. The molecule has 34 heavy (non-hydrogen) atoms. The summed E-state index contributed by atoms with van der Waals surface area (Å²) in [5.41, 5.74) is 1.35. The first-order valence-electron chi connectivity index (χ1n) is 10.1. The minimum atomic E-state index is -0.256. The van der Waals surface area contributed by atoms with Gasteiger partial charge in [-0.05, 0) is 71.4 Å². The van der Waals surface area contributed by atoms with Crippen molar-refractivity contribution in [1.29, 1.82) is 0 Å². The zero-order valence-corrected chi connectivity index (χ0v) is 19.2. The van der Waals surface area contributed by atoms with Crippen LogP contribution in [0, 0.1) is 0 Å².